The molecule has 5 rings (SSSR count). The van der Waals surface area contributed by atoms with Crippen LogP contribution in [0.5, 0.6) is 0 Å². The predicted octanol–water partition coefficient (Wildman–Crippen LogP) is 5.33. The van der Waals surface area contributed by atoms with Gasteiger partial charge in [0.05, 0.1) is 28.5 Å². The van der Waals surface area contributed by atoms with Gasteiger partial charge in [0.25, 0.3) is 11.5 Å². The zero-order chi connectivity index (χ0) is 27.0. The predicted molar refractivity (Wildman–Crippen MR) is 151 cm³/mol. The van der Waals surface area contributed by atoms with E-state index in [2.05, 4.69) is 0 Å². The van der Waals surface area contributed by atoms with Gasteiger partial charge in [-0.15, -0.1) is 0 Å². The van der Waals surface area contributed by atoms with Gasteiger partial charge in [-0.05, 0) is 50.2 Å². The largest absolute Gasteiger partial charge is 0.462 e. The number of carbonyl (C=O) groups is 2. The van der Waals surface area contributed by atoms with Crippen molar-refractivity contribution in [3.05, 3.63) is 99.0 Å². The zero-order valence-corrected chi connectivity index (χ0v) is 22.5. The maximum absolute atomic E-state index is 13.4. The number of ether oxygens (including phenoxy) is 1. The van der Waals surface area contributed by atoms with Gasteiger partial charge < -0.3 is 9.15 Å². The first-order valence-electron chi connectivity index (χ1n) is 11.8. The minimum absolute atomic E-state index is 0.226. The highest BCUT2D eigenvalue weighted by atomic mass is 32.2. The van der Waals surface area contributed by atoms with Crippen LogP contribution < -0.4 is 10.5 Å². The van der Waals surface area contributed by atoms with Gasteiger partial charge >= 0.3 is 5.97 Å². The summed E-state index contributed by atoms with van der Waals surface area (Å²) >= 11 is 6.63. The molecule has 38 heavy (non-hydrogen) atoms. The summed E-state index contributed by atoms with van der Waals surface area (Å²) in [7, 11) is 1.77. The number of hydrogen-bond acceptors (Lipinski definition) is 7. The molecule has 0 radical (unpaired) electrons. The molecule has 0 aliphatic carbocycles. The van der Waals surface area contributed by atoms with Crippen LogP contribution in [0.1, 0.15) is 28.7 Å². The second-order valence-electron chi connectivity index (χ2n) is 8.43. The van der Waals surface area contributed by atoms with Crippen LogP contribution in [0.25, 0.3) is 23.1 Å². The number of thioether (sulfide) groups is 1. The molecule has 1 aliphatic heterocycles. The van der Waals surface area contributed by atoms with Crippen molar-refractivity contribution in [2.75, 3.05) is 11.5 Å². The standard InChI is InChI=1S/C28H23N3O5S2/c1-4-35-27(34)19-12-10-18(11-13-19)22-15-14-21(36-22)16-23-25(32)30(28(37)38-23)24-17(2)29(3)31(26(24)33)20-8-6-5-7-9-20/h5-16H,4H2,1-3H3/b23-16+. The number of rotatable bonds is 6. The molecule has 0 saturated carbocycles. The maximum Gasteiger partial charge on any atom is 0.338 e. The smallest absolute Gasteiger partial charge is 0.338 e. The summed E-state index contributed by atoms with van der Waals surface area (Å²) in [5.41, 5.74) is 2.42. The Kier molecular flexibility index (Phi) is 6.92. The fraction of sp³-hybridized carbons (Fsp3) is 0.143. The second-order valence-corrected chi connectivity index (χ2v) is 10.1. The van der Waals surface area contributed by atoms with Crippen molar-refractivity contribution in [3.63, 3.8) is 0 Å². The van der Waals surface area contributed by atoms with E-state index in [-0.39, 0.29) is 27.4 Å². The number of para-hydroxylation sites is 1. The van der Waals surface area contributed by atoms with Crippen molar-refractivity contribution < 1.29 is 18.7 Å². The van der Waals surface area contributed by atoms with E-state index in [1.54, 1.807) is 68.1 Å². The van der Waals surface area contributed by atoms with Crippen LogP contribution in [0.15, 0.2) is 80.8 Å². The number of amides is 1. The summed E-state index contributed by atoms with van der Waals surface area (Å²) in [5.74, 6) is 0.265. The van der Waals surface area contributed by atoms with E-state index >= 15 is 0 Å². The van der Waals surface area contributed by atoms with Crippen LogP contribution in [0, 0.1) is 6.92 Å². The first kappa shape index (κ1) is 25.5. The molecule has 0 atom stereocenters. The molecule has 1 aliphatic rings. The zero-order valence-electron chi connectivity index (χ0n) is 20.8. The number of furan rings is 1. The number of nitrogens with zero attached hydrogens (tertiary/aromatic N) is 3. The van der Waals surface area contributed by atoms with Crippen LogP contribution in [-0.4, -0.2) is 32.2 Å². The minimum atomic E-state index is -0.386. The average Bonchev–Trinajstić information content (AvgIpc) is 3.55. The first-order chi connectivity index (χ1) is 18.3. The van der Waals surface area contributed by atoms with E-state index in [0.717, 1.165) is 17.3 Å². The lowest BCUT2D eigenvalue weighted by atomic mass is 10.1. The normalized spacial score (nSPS) is 14.5. The van der Waals surface area contributed by atoms with Crippen LogP contribution in [0.2, 0.25) is 0 Å². The maximum atomic E-state index is 13.4. The Bertz CT molecular complexity index is 1650. The summed E-state index contributed by atoms with van der Waals surface area (Å²) in [4.78, 5) is 40.4. The van der Waals surface area contributed by atoms with Gasteiger partial charge in [-0.25, -0.2) is 9.48 Å². The fourth-order valence-electron chi connectivity index (χ4n) is 4.17. The molecule has 0 N–H and O–H groups in total. The van der Waals surface area contributed by atoms with E-state index in [1.807, 2.05) is 30.3 Å². The Morgan fingerprint density at radius 3 is 2.45 bits per heavy atom. The highest BCUT2D eigenvalue weighted by Crippen LogP contribution is 2.37. The third kappa shape index (κ3) is 4.52. The molecule has 1 fully saturated rings. The summed E-state index contributed by atoms with van der Waals surface area (Å²) in [5, 5.41) is 0. The summed E-state index contributed by atoms with van der Waals surface area (Å²) in [6.07, 6.45) is 1.61. The van der Waals surface area contributed by atoms with E-state index in [1.165, 1.54) is 9.58 Å². The van der Waals surface area contributed by atoms with Crippen molar-refractivity contribution in [2.45, 2.75) is 13.8 Å². The molecule has 1 amide bonds. The lowest BCUT2D eigenvalue weighted by Gasteiger charge is -2.12. The number of carbonyl (C=O) groups excluding carboxylic acids is 2. The summed E-state index contributed by atoms with van der Waals surface area (Å²) in [6, 6.07) is 19.6. The Labute approximate surface area is 228 Å². The monoisotopic (exact) mass is 545 g/mol. The van der Waals surface area contributed by atoms with Crippen LogP contribution >= 0.6 is 24.0 Å². The van der Waals surface area contributed by atoms with Crippen LogP contribution in [0.3, 0.4) is 0 Å². The summed E-state index contributed by atoms with van der Waals surface area (Å²) in [6.45, 7) is 3.85. The van der Waals surface area contributed by atoms with Gasteiger partial charge in [-0.3, -0.25) is 19.2 Å². The van der Waals surface area contributed by atoms with E-state index < -0.39 is 0 Å². The molecular weight excluding hydrogens is 522 g/mol. The van der Waals surface area contributed by atoms with Crippen molar-refractivity contribution in [3.8, 4) is 17.0 Å². The van der Waals surface area contributed by atoms with E-state index in [4.69, 9.17) is 21.4 Å². The molecule has 3 heterocycles. The quantitative estimate of drug-likeness (QED) is 0.184. The number of thiocarbonyl (C=S) groups is 1. The highest BCUT2D eigenvalue weighted by molar-refractivity contribution is 8.27. The topological polar surface area (TPSA) is 86.7 Å². The number of benzene rings is 2. The molecule has 192 valence electrons. The molecular formula is C28H23N3O5S2. The van der Waals surface area contributed by atoms with Gasteiger partial charge in [-0.2, -0.15) is 0 Å². The lowest BCUT2D eigenvalue weighted by molar-refractivity contribution is -0.113. The molecule has 10 heteroatoms. The Balaban J connectivity index is 1.42. The van der Waals surface area contributed by atoms with Crippen LogP contribution in [-0.2, 0) is 16.6 Å². The second kappa shape index (κ2) is 10.3. The van der Waals surface area contributed by atoms with Gasteiger partial charge in [0.1, 0.15) is 17.2 Å². The lowest BCUT2D eigenvalue weighted by Crippen LogP contribution is -2.33. The highest BCUT2D eigenvalue weighted by Gasteiger charge is 2.38. The Hall–Kier alpha value is -4.15. The third-order valence-electron chi connectivity index (χ3n) is 6.12. The number of anilines is 1. The molecule has 2 aromatic carbocycles. The molecule has 2 aromatic heterocycles. The van der Waals surface area contributed by atoms with Crippen molar-refractivity contribution in [2.24, 2.45) is 7.05 Å². The van der Waals surface area contributed by atoms with Crippen molar-refractivity contribution in [1.82, 2.24) is 9.36 Å². The molecule has 0 spiro atoms. The molecule has 0 bridgehead atoms. The van der Waals surface area contributed by atoms with Gasteiger partial charge in [0.2, 0.25) is 0 Å². The summed E-state index contributed by atoms with van der Waals surface area (Å²) < 4.78 is 14.5. The van der Waals surface area contributed by atoms with Gasteiger partial charge in [0, 0.05) is 18.7 Å². The van der Waals surface area contributed by atoms with E-state index in [9.17, 15) is 14.4 Å². The first-order valence-corrected chi connectivity index (χ1v) is 13.0. The van der Waals surface area contributed by atoms with E-state index in [0.29, 0.717) is 40.0 Å². The average molecular weight is 546 g/mol. The number of hydrogen-bond donors (Lipinski definition) is 0. The van der Waals surface area contributed by atoms with Crippen LogP contribution in [0.4, 0.5) is 5.69 Å². The van der Waals surface area contributed by atoms with Crippen molar-refractivity contribution >= 4 is 51.9 Å². The SMILES string of the molecule is CCOC(=O)c1ccc(-c2ccc(/C=C3/SC(=S)N(c4c(C)n(C)n(-c5ccccc5)c4=O)C3=O)o2)cc1. The Morgan fingerprint density at radius 2 is 1.76 bits per heavy atom. The third-order valence-corrected chi connectivity index (χ3v) is 7.42. The molecule has 4 aromatic rings. The van der Waals surface area contributed by atoms with Crippen molar-refractivity contribution in [1.29, 1.82) is 0 Å². The molecule has 1 saturated heterocycles. The fourth-order valence-corrected chi connectivity index (χ4v) is 5.42. The van der Waals surface area contributed by atoms with Gasteiger partial charge in [-0.1, -0.05) is 54.3 Å². The molecule has 0 unspecified atom stereocenters. The minimum Gasteiger partial charge on any atom is -0.462 e. The van der Waals surface area contributed by atoms with Gasteiger partial charge in [0.15, 0.2) is 4.32 Å². The molecule has 8 nitrogen and oxygen atoms in total. The number of aromatic nitrogens is 2. The number of esters is 1. The Morgan fingerprint density at radius 1 is 1.05 bits per heavy atom.